The van der Waals surface area contributed by atoms with Gasteiger partial charge in [0, 0.05) is 24.9 Å². The van der Waals surface area contributed by atoms with Crippen LogP contribution in [0.3, 0.4) is 0 Å². The molecular formula is C17H25NO3. The Morgan fingerprint density at radius 2 is 1.86 bits per heavy atom. The minimum Gasteiger partial charge on any atom is -0.493 e. The van der Waals surface area contributed by atoms with Gasteiger partial charge in [-0.25, -0.2) is 0 Å². The van der Waals surface area contributed by atoms with Crippen molar-refractivity contribution in [1.29, 1.82) is 0 Å². The number of benzene rings is 1. The molecule has 1 aliphatic rings. The lowest BCUT2D eigenvalue weighted by Gasteiger charge is -2.40. The van der Waals surface area contributed by atoms with Crippen LogP contribution in [-0.4, -0.2) is 31.6 Å². The molecule has 0 aliphatic carbocycles. The Labute approximate surface area is 127 Å². The maximum atomic E-state index is 12.2. The quantitative estimate of drug-likeness (QED) is 0.855. The first-order valence-electron chi connectivity index (χ1n) is 7.46. The molecule has 1 amide bonds. The molecule has 0 bridgehead atoms. The number of hydrogen-bond acceptors (Lipinski definition) is 3. The Balaban J connectivity index is 2.42. The van der Waals surface area contributed by atoms with Crippen molar-refractivity contribution < 1.29 is 14.3 Å². The van der Waals surface area contributed by atoms with Crippen LogP contribution in [0.15, 0.2) is 12.1 Å². The number of nitrogens with zero attached hydrogens (tertiary/aromatic N) is 1. The Kier molecular flexibility index (Phi) is 4.45. The fraction of sp³-hybridized carbons (Fsp3) is 0.588. The molecule has 4 heteroatoms. The first-order chi connectivity index (χ1) is 9.92. The number of rotatable bonds is 4. The van der Waals surface area contributed by atoms with E-state index in [2.05, 4.69) is 19.9 Å². The fourth-order valence-corrected chi connectivity index (χ4v) is 3.05. The van der Waals surface area contributed by atoms with E-state index in [-0.39, 0.29) is 11.3 Å². The van der Waals surface area contributed by atoms with Crippen LogP contribution in [-0.2, 0) is 16.8 Å². The summed E-state index contributed by atoms with van der Waals surface area (Å²) in [6, 6.07) is 4.05. The van der Waals surface area contributed by atoms with Gasteiger partial charge in [-0.15, -0.1) is 0 Å². The van der Waals surface area contributed by atoms with Gasteiger partial charge < -0.3 is 14.4 Å². The van der Waals surface area contributed by atoms with Crippen LogP contribution < -0.4 is 9.47 Å². The Bertz CT molecular complexity index is 537. The van der Waals surface area contributed by atoms with Crippen molar-refractivity contribution in [1.82, 2.24) is 4.90 Å². The predicted molar refractivity (Wildman–Crippen MR) is 82.9 cm³/mol. The molecule has 0 saturated carbocycles. The van der Waals surface area contributed by atoms with Gasteiger partial charge in [0.05, 0.1) is 14.2 Å². The van der Waals surface area contributed by atoms with Crippen molar-refractivity contribution in [3.05, 3.63) is 23.3 Å². The third-order valence-electron chi connectivity index (χ3n) is 4.10. The Morgan fingerprint density at radius 3 is 2.43 bits per heavy atom. The molecule has 1 aromatic rings. The van der Waals surface area contributed by atoms with Crippen molar-refractivity contribution in [3.63, 3.8) is 0 Å². The zero-order valence-electron chi connectivity index (χ0n) is 13.7. The van der Waals surface area contributed by atoms with E-state index in [4.69, 9.17) is 9.47 Å². The van der Waals surface area contributed by atoms with Crippen LogP contribution >= 0.6 is 0 Å². The van der Waals surface area contributed by atoms with Gasteiger partial charge in [-0.05, 0) is 29.7 Å². The molecule has 0 fully saturated rings. The second-order valence-electron chi connectivity index (χ2n) is 6.25. The van der Waals surface area contributed by atoms with Gasteiger partial charge in [-0.3, -0.25) is 4.79 Å². The molecule has 0 saturated heterocycles. The zero-order chi connectivity index (χ0) is 15.6. The van der Waals surface area contributed by atoms with Gasteiger partial charge in [-0.1, -0.05) is 20.8 Å². The normalized spacial score (nSPS) is 16.3. The molecule has 4 nitrogen and oxygen atoms in total. The van der Waals surface area contributed by atoms with Crippen molar-refractivity contribution in [2.24, 2.45) is 0 Å². The number of ether oxygens (including phenoxy) is 2. The van der Waals surface area contributed by atoms with Gasteiger partial charge in [0.2, 0.25) is 5.91 Å². The molecule has 1 aromatic carbocycles. The van der Waals surface area contributed by atoms with E-state index < -0.39 is 0 Å². The smallest absolute Gasteiger partial charge is 0.222 e. The number of carbonyl (C=O) groups is 1. The topological polar surface area (TPSA) is 38.8 Å². The van der Waals surface area contributed by atoms with Gasteiger partial charge in [0.1, 0.15) is 0 Å². The van der Waals surface area contributed by atoms with E-state index in [0.29, 0.717) is 13.0 Å². The number of fused-ring (bicyclic) bond motifs is 1. The minimum absolute atomic E-state index is 0.0868. The molecule has 0 radical (unpaired) electrons. The highest BCUT2D eigenvalue weighted by molar-refractivity contribution is 5.77. The van der Waals surface area contributed by atoms with Crippen LogP contribution in [0.5, 0.6) is 11.5 Å². The number of methoxy groups -OCH3 is 2. The molecule has 21 heavy (non-hydrogen) atoms. The lowest BCUT2D eigenvalue weighted by molar-refractivity contribution is -0.133. The van der Waals surface area contributed by atoms with Crippen molar-refractivity contribution in [2.45, 2.75) is 45.6 Å². The molecule has 0 spiro atoms. The Morgan fingerprint density at radius 1 is 1.24 bits per heavy atom. The molecule has 1 heterocycles. The van der Waals surface area contributed by atoms with Crippen molar-refractivity contribution in [2.75, 3.05) is 20.8 Å². The fourth-order valence-electron chi connectivity index (χ4n) is 3.05. The van der Waals surface area contributed by atoms with Crippen molar-refractivity contribution >= 4 is 5.91 Å². The summed E-state index contributed by atoms with van der Waals surface area (Å²) in [4.78, 5) is 14.2. The second-order valence-corrected chi connectivity index (χ2v) is 6.25. The summed E-state index contributed by atoms with van der Waals surface area (Å²) in [5.41, 5.74) is 2.30. The van der Waals surface area contributed by atoms with E-state index in [1.54, 1.807) is 14.2 Å². The molecule has 0 aromatic heterocycles. The maximum absolute atomic E-state index is 12.2. The third kappa shape index (κ3) is 2.99. The molecule has 116 valence electrons. The monoisotopic (exact) mass is 291 g/mol. The highest BCUT2D eigenvalue weighted by Gasteiger charge is 2.34. The molecule has 2 rings (SSSR count). The van der Waals surface area contributed by atoms with E-state index in [1.165, 1.54) is 5.56 Å². The van der Waals surface area contributed by atoms with Crippen LogP contribution in [0.2, 0.25) is 0 Å². The number of amides is 1. The molecule has 1 aliphatic heterocycles. The third-order valence-corrected chi connectivity index (χ3v) is 4.10. The molecular weight excluding hydrogens is 266 g/mol. The lowest BCUT2D eigenvalue weighted by Crippen LogP contribution is -2.45. The summed E-state index contributed by atoms with van der Waals surface area (Å²) >= 11 is 0. The summed E-state index contributed by atoms with van der Waals surface area (Å²) in [6.07, 6.45) is 1.49. The number of carbonyl (C=O) groups excluding carboxylic acids is 1. The van der Waals surface area contributed by atoms with Crippen LogP contribution in [0.25, 0.3) is 0 Å². The maximum Gasteiger partial charge on any atom is 0.222 e. The molecule has 0 unspecified atom stereocenters. The SMILES string of the molecule is CCCC(=O)N1Cc2cc(OC)c(OC)cc2C(C)(C)C1. The second kappa shape index (κ2) is 5.96. The summed E-state index contributed by atoms with van der Waals surface area (Å²) in [5, 5.41) is 0. The predicted octanol–water partition coefficient (Wildman–Crippen LogP) is 3.12. The van der Waals surface area contributed by atoms with Crippen LogP contribution in [0.1, 0.15) is 44.7 Å². The summed E-state index contributed by atoms with van der Waals surface area (Å²) < 4.78 is 10.8. The summed E-state index contributed by atoms with van der Waals surface area (Å²) in [6.45, 7) is 7.77. The van der Waals surface area contributed by atoms with Gasteiger partial charge in [0.25, 0.3) is 0 Å². The van der Waals surface area contributed by atoms with Gasteiger partial charge in [0.15, 0.2) is 11.5 Å². The highest BCUT2D eigenvalue weighted by Crippen LogP contribution is 2.40. The zero-order valence-corrected chi connectivity index (χ0v) is 13.7. The van der Waals surface area contributed by atoms with Gasteiger partial charge >= 0.3 is 0 Å². The van der Waals surface area contributed by atoms with E-state index in [9.17, 15) is 4.79 Å². The minimum atomic E-state index is -0.0868. The standard InChI is InChI=1S/C17H25NO3/c1-6-7-16(19)18-10-12-8-14(20-4)15(21-5)9-13(12)17(2,3)11-18/h8-9H,6-7,10-11H2,1-5H3. The molecule has 0 N–H and O–H groups in total. The molecule has 0 atom stereocenters. The average Bonchev–Trinajstić information content (AvgIpc) is 2.45. The van der Waals surface area contributed by atoms with Crippen molar-refractivity contribution in [3.8, 4) is 11.5 Å². The van der Waals surface area contributed by atoms with Crippen LogP contribution in [0, 0.1) is 0 Å². The average molecular weight is 291 g/mol. The van der Waals surface area contributed by atoms with Crippen LogP contribution in [0.4, 0.5) is 0 Å². The lowest BCUT2D eigenvalue weighted by atomic mass is 9.78. The van der Waals surface area contributed by atoms with Gasteiger partial charge in [-0.2, -0.15) is 0 Å². The van der Waals surface area contributed by atoms with E-state index in [1.807, 2.05) is 17.9 Å². The highest BCUT2D eigenvalue weighted by atomic mass is 16.5. The Hall–Kier alpha value is -1.71. The largest absolute Gasteiger partial charge is 0.493 e. The summed E-state index contributed by atoms with van der Waals surface area (Å²) in [5.74, 6) is 1.69. The first kappa shape index (κ1) is 15.7. The number of hydrogen-bond donors (Lipinski definition) is 0. The summed E-state index contributed by atoms with van der Waals surface area (Å²) in [7, 11) is 3.29. The van der Waals surface area contributed by atoms with E-state index in [0.717, 1.165) is 30.0 Å². The first-order valence-corrected chi connectivity index (χ1v) is 7.46. The van der Waals surface area contributed by atoms with E-state index >= 15 is 0 Å².